The first-order valence-electron chi connectivity index (χ1n) is 88.2. The van der Waals surface area contributed by atoms with Crippen molar-refractivity contribution >= 4 is 217 Å². The second-order valence-electron chi connectivity index (χ2n) is 32.8. The molecule has 0 aliphatic carbocycles. The van der Waals surface area contributed by atoms with Crippen LogP contribution < -0.4 is 0 Å². The van der Waals surface area contributed by atoms with Gasteiger partial charge in [-0.25, -0.2) is 0 Å². The molecule has 32 aromatic rings. The fraction of sp³-hybridized carbons (Fsp3) is 0. The summed E-state index contributed by atoms with van der Waals surface area (Å²) in [6.45, 7) is 0. The summed E-state index contributed by atoms with van der Waals surface area (Å²) in [7, 11) is 0. The maximum atomic E-state index is 9.98. The van der Waals surface area contributed by atoms with Crippen LogP contribution in [0, 0.1) is 0 Å². The van der Waals surface area contributed by atoms with Gasteiger partial charge in [-0.15, -0.1) is 0 Å². The van der Waals surface area contributed by atoms with Gasteiger partial charge in [-0.3, -0.25) is 0 Å². The first-order chi connectivity index (χ1) is 111. The summed E-state index contributed by atoms with van der Waals surface area (Å²) < 4.78 is 818. The van der Waals surface area contributed by atoms with Crippen LogP contribution in [0.3, 0.4) is 0 Å². The Morgan fingerprint density at radius 3 is 0.752 bits per heavy atom. The first-order valence-corrected chi connectivity index (χ1v) is 44.2. The van der Waals surface area contributed by atoms with Crippen molar-refractivity contribution in [3.8, 4) is 100 Å². The van der Waals surface area contributed by atoms with Crippen molar-refractivity contribution < 1.29 is 134 Å². The number of furan rings is 3. The highest BCUT2D eigenvalue weighted by molar-refractivity contribution is 6.33. The van der Waals surface area contributed by atoms with Gasteiger partial charge in [-0.05, 0) is 289 Å². The van der Waals surface area contributed by atoms with Crippen LogP contribution in [-0.4, -0.2) is 0 Å². The standard InChI is InChI=1S/2C50H30O.C46H28O/c1-3-16-33-31(13-1)15-11-24-35(33)38-29-30-43(37-19-6-5-18-36(37)38)47-39-20-7-9-22-41(39)48(42-23-10-8-21-40(42)47)44-25-12-26-46-49(44)45-28-27-32-14-2-4-17-34(32)50(45)51-46;1-2-14-33-30-34(25-24-31(33)12-1)35-28-29-43(38-17-6-5-16-37(35)38)47-39-18-7-9-20-41(39)48(42-21-10-8-19-40(42)47)44-22-11-23-46-49(44)45-27-26-32-13-3-4-15-36(32)50(45)51-46;1-2-11-29(12-3-1)31-21-22-33-28-34(24-23-32(33)27-31)43-36-15-6-8-17-38(36)44(39-18-9-7-16-37(39)43)40-19-10-20-42-45(40)41-26-25-30-13-4-5-14-35(30)46(41)47-42/h2*1-30H;1-28H/i2*1D,2D,3D,4D,5D,6D,7D,8D,9D,10D,11D,12D,13D,14D,15D,16D,17D,18D,19D,20D,21D,22D,23D,24D,25D,26D,27D,28D,29D,30D;1D,2D,3D,4D,5D,6D,7D,8D,9D,10D,11D,12D,13D,14D,15D,16D,17D,18D,19D,20D,21D,22D,23D,24D,25D,26D,27D,28D. The molecule has 0 atom stereocenters. The van der Waals surface area contributed by atoms with Gasteiger partial charge in [0.2, 0.25) is 0 Å². The lowest BCUT2D eigenvalue weighted by molar-refractivity contribution is 0.672. The second kappa shape index (κ2) is 34.6. The summed E-state index contributed by atoms with van der Waals surface area (Å²) in [6, 6.07) is -83.4. The number of fused-ring (bicyclic) bond motifs is 26. The smallest absolute Gasteiger partial charge is 0.143 e. The van der Waals surface area contributed by atoms with E-state index >= 15 is 0 Å². The molecule has 149 heavy (non-hydrogen) atoms. The average molecular weight is 1980 g/mol. The predicted octanol–water partition coefficient (Wildman–Crippen LogP) is 41.9. The summed E-state index contributed by atoms with van der Waals surface area (Å²) in [5.74, 6) is 0. The SMILES string of the molecule is [2H]c1c([2H])c(-c2c3c([2H])c([2H])c([2H])c([2H])c3c(-c3c([2H])c([2H])c(-c4c([2H])c([2H])c([2H])c5c([2H])c([2H])c([2H])c([2H])c45)c4c([2H])c([2H])c([2H])c([2H])c34)c3c([2H])c([2H])c([2H])c([2H])c23)c2c(oc3c4c([2H])c([2H])c([2H])c([2H])c4c([2H])c([2H])c32)c1[2H].[2H]c1c([2H])c(-c2c3c([2H])c([2H])c([2H])c([2H])c3c(-c3c([2H])c([2H])c(-c4c([2H])c([2H])c5c([2H])c([2H])c([2H])c([2H])c5c4[2H])c4c([2H])c([2H])c([2H])c([2H])c34)c3c([2H])c([2H])c([2H])c([2H])c23)c2c(oc3c4c([2H])c([2H])c([2H])c([2H])c4c([2H])c([2H])c32)c1[2H].[2H]c1c([2H])c([2H])c(-c2c([2H])c([2H])c3c([2H])c(-c4c5c([2H])c([2H])c([2H])c([2H])c5c(-c5c([2H])c([2H])c([2H])c6oc7c8c([2H])c([2H])c([2H])c([2H])c8c([2H])c([2H])c7c56)c5c([2H])c([2H])c([2H])c([2H])c45)c([2H])c([2H])c3c2[2H])c([2H])c1[2H]. The van der Waals surface area contributed by atoms with Gasteiger partial charge in [-0.2, -0.15) is 0 Å². The van der Waals surface area contributed by atoms with Crippen molar-refractivity contribution in [2.24, 2.45) is 0 Å². The number of benzene rings is 29. The zero-order chi connectivity index (χ0) is 174. The lowest BCUT2D eigenvalue weighted by Crippen LogP contribution is -1.93. The molecule has 0 saturated heterocycles. The van der Waals surface area contributed by atoms with E-state index < -0.39 is 849 Å². The molecule has 32 rings (SSSR count). The van der Waals surface area contributed by atoms with Crippen molar-refractivity contribution in [3.05, 3.63) is 532 Å². The third kappa shape index (κ3) is 13.7. The van der Waals surface area contributed by atoms with Crippen molar-refractivity contribution in [2.75, 3.05) is 0 Å². The summed E-state index contributed by atoms with van der Waals surface area (Å²) in [5.41, 5.74) is -17.6. The molecular formula is C146H88O3. The molecule has 0 fully saturated rings. The van der Waals surface area contributed by atoms with Crippen molar-refractivity contribution in [3.63, 3.8) is 0 Å². The molecule has 0 amide bonds. The third-order valence-electron chi connectivity index (χ3n) is 25.1. The van der Waals surface area contributed by atoms with Gasteiger partial charge < -0.3 is 13.3 Å². The predicted molar refractivity (Wildman–Crippen MR) is 635 cm³/mol. The van der Waals surface area contributed by atoms with Crippen LogP contribution in [0.4, 0.5) is 0 Å². The summed E-state index contributed by atoms with van der Waals surface area (Å²) in [6.07, 6.45) is 0. The second-order valence-corrected chi connectivity index (χ2v) is 32.8. The fourth-order valence-corrected chi connectivity index (χ4v) is 18.9. The molecule has 0 unspecified atom stereocenters. The minimum absolute atomic E-state index is 0.458. The van der Waals surface area contributed by atoms with Crippen LogP contribution in [0.15, 0.2) is 545 Å². The lowest BCUT2D eigenvalue weighted by Gasteiger charge is -2.20. The van der Waals surface area contributed by atoms with Crippen LogP contribution in [0.2, 0.25) is 0 Å². The van der Waals surface area contributed by atoms with E-state index in [4.69, 9.17) is 87.3 Å². The van der Waals surface area contributed by atoms with E-state index in [1.807, 2.05) is 0 Å². The van der Waals surface area contributed by atoms with E-state index in [0.717, 1.165) is 0 Å². The molecule has 0 N–H and O–H groups in total. The quantitative estimate of drug-likeness (QED) is 0.135. The molecule has 3 heterocycles. The molecule has 3 aromatic heterocycles. The number of hydrogen-bond donors (Lipinski definition) is 0. The van der Waals surface area contributed by atoms with E-state index in [-0.39, 0.29) is 0 Å². The zero-order valence-corrected chi connectivity index (χ0v) is 74.2. The monoisotopic (exact) mass is 1980 g/mol. The van der Waals surface area contributed by atoms with Crippen LogP contribution in [0.25, 0.3) is 317 Å². The largest absolute Gasteiger partial charge is 0.455 e. The van der Waals surface area contributed by atoms with E-state index in [9.17, 15) is 46.6 Å². The van der Waals surface area contributed by atoms with E-state index in [1.165, 1.54) is 0 Å². The van der Waals surface area contributed by atoms with Crippen LogP contribution in [0.5, 0.6) is 0 Å². The summed E-state index contributed by atoms with van der Waals surface area (Å²) in [5, 5.41) is -22.8. The van der Waals surface area contributed by atoms with Crippen molar-refractivity contribution in [1.29, 1.82) is 0 Å². The normalized spacial score (nSPS) is 20.2. The molecule has 0 saturated carbocycles. The molecular weight excluding hydrogens is 1800 g/mol. The Labute approximate surface area is 981 Å². The first kappa shape index (κ1) is 35.1. The Bertz CT molecular complexity index is 16800. The maximum absolute atomic E-state index is 9.98. The highest BCUT2D eigenvalue weighted by Gasteiger charge is 2.29. The third-order valence-corrected chi connectivity index (χ3v) is 25.1. The Morgan fingerprint density at radius 1 is 0.114 bits per heavy atom. The van der Waals surface area contributed by atoms with Crippen LogP contribution in [0.1, 0.15) is 121 Å². The molecule has 3 nitrogen and oxygen atoms in total. The molecule has 0 radical (unpaired) electrons. The van der Waals surface area contributed by atoms with Crippen molar-refractivity contribution in [1.82, 2.24) is 0 Å². The zero-order valence-electron chi connectivity index (χ0n) is 162. The van der Waals surface area contributed by atoms with E-state index in [1.54, 1.807) is 0 Å². The molecule has 690 valence electrons. The molecule has 0 bridgehead atoms. The maximum Gasteiger partial charge on any atom is 0.143 e. The number of hydrogen-bond acceptors (Lipinski definition) is 3. The fourth-order valence-electron chi connectivity index (χ4n) is 18.9. The average Bonchev–Trinajstić information content (AvgIpc) is 1.67. The highest BCUT2D eigenvalue weighted by Crippen LogP contribution is 2.55. The lowest BCUT2D eigenvalue weighted by atomic mass is 9.83. The molecule has 29 aromatic carbocycles. The van der Waals surface area contributed by atoms with Crippen LogP contribution >= 0.6 is 0 Å². The van der Waals surface area contributed by atoms with Crippen molar-refractivity contribution in [2.45, 2.75) is 0 Å². The Balaban J connectivity index is 0.000000145. The Hall–Kier alpha value is -19.6. The topological polar surface area (TPSA) is 39.4 Å². The molecule has 0 spiro atoms. The van der Waals surface area contributed by atoms with Crippen LogP contribution in [-0.2, 0) is 0 Å². The van der Waals surface area contributed by atoms with E-state index in [0.29, 0.717) is 0 Å². The van der Waals surface area contributed by atoms with Gasteiger partial charge in [0.25, 0.3) is 0 Å². The molecule has 3 heteroatoms. The summed E-state index contributed by atoms with van der Waals surface area (Å²) in [4.78, 5) is 0. The van der Waals surface area contributed by atoms with E-state index in [2.05, 4.69) is 0 Å². The van der Waals surface area contributed by atoms with Gasteiger partial charge in [-0.1, -0.05) is 477 Å². The number of rotatable bonds is 9. The summed E-state index contributed by atoms with van der Waals surface area (Å²) >= 11 is 0. The van der Waals surface area contributed by atoms with Gasteiger partial charge >= 0.3 is 0 Å². The van der Waals surface area contributed by atoms with Gasteiger partial charge in [0.15, 0.2) is 0 Å². The minimum atomic E-state index is -1.15. The molecule has 0 aliphatic heterocycles. The minimum Gasteiger partial charge on any atom is -0.455 e. The van der Waals surface area contributed by atoms with Gasteiger partial charge in [0.1, 0.15) is 33.5 Å². The highest BCUT2D eigenvalue weighted by atomic mass is 16.3. The Morgan fingerprint density at radius 2 is 0.349 bits per heavy atom. The van der Waals surface area contributed by atoms with Gasteiger partial charge in [0.05, 0.1) is 121 Å². The van der Waals surface area contributed by atoms with Gasteiger partial charge in [0, 0.05) is 48.5 Å². The molecule has 0 aliphatic rings. The Kier molecular flexibility index (Phi) is 8.17.